The van der Waals surface area contributed by atoms with Crippen LogP contribution in [0.5, 0.6) is 0 Å². The van der Waals surface area contributed by atoms with E-state index in [0.717, 1.165) is 24.1 Å². The van der Waals surface area contributed by atoms with Crippen LogP contribution in [-0.4, -0.2) is 24.4 Å². The standard InChI is InChI=1S/C18H20N6O/c1-11(2)15-16(13-9-20-23(10-13)14-5-3-4-6-14)22-17-12(7-19)8-21-24(17)18(15)25/h8-11,14,22H,3-6H2,1-2H3. The van der Waals surface area contributed by atoms with Crippen LogP contribution in [-0.2, 0) is 0 Å². The number of fused-ring (bicyclic) bond motifs is 1. The third-order valence-corrected chi connectivity index (χ3v) is 4.99. The van der Waals surface area contributed by atoms with E-state index in [2.05, 4.69) is 21.3 Å². The number of nitrogens with zero attached hydrogens (tertiary/aromatic N) is 5. The number of rotatable bonds is 3. The van der Waals surface area contributed by atoms with Crippen LogP contribution in [0.25, 0.3) is 16.9 Å². The van der Waals surface area contributed by atoms with Gasteiger partial charge in [0.2, 0.25) is 0 Å². The fourth-order valence-corrected chi connectivity index (χ4v) is 3.71. The summed E-state index contributed by atoms with van der Waals surface area (Å²) in [4.78, 5) is 16.2. The van der Waals surface area contributed by atoms with Crippen LogP contribution in [0.3, 0.4) is 0 Å². The Morgan fingerprint density at radius 3 is 2.72 bits per heavy atom. The summed E-state index contributed by atoms with van der Waals surface area (Å²) in [5, 5.41) is 17.8. The average molecular weight is 336 g/mol. The molecule has 0 aliphatic heterocycles. The summed E-state index contributed by atoms with van der Waals surface area (Å²) in [6.07, 6.45) is 10.00. The van der Waals surface area contributed by atoms with E-state index in [1.165, 1.54) is 23.6 Å². The molecule has 0 amide bonds. The molecule has 7 heteroatoms. The van der Waals surface area contributed by atoms with Crippen molar-refractivity contribution < 1.29 is 0 Å². The lowest BCUT2D eigenvalue weighted by atomic mass is 10.00. The molecule has 0 spiro atoms. The van der Waals surface area contributed by atoms with Gasteiger partial charge < -0.3 is 4.98 Å². The van der Waals surface area contributed by atoms with Gasteiger partial charge in [0.1, 0.15) is 11.6 Å². The first-order chi connectivity index (χ1) is 12.1. The second-order valence-electron chi connectivity index (χ2n) is 6.95. The summed E-state index contributed by atoms with van der Waals surface area (Å²) in [6, 6.07) is 2.52. The monoisotopic (exact) mass is 336 g/mol. The van der Waals surface area contributed by atoms with Crippen molar-refractivity contribution in [2.75, 3.05) is 0 Å². The van der Waals surface area contributed by atoms with Gasteiger partial charge in [0.15, 0.2) is 5.65 Å². The molecule has 1 N–H and O–H groups in total. The highest BCUT2D eigenvalue weighted by molar-refractivity contribution is 5.67. The molecule has 1 aliphatic rings. The normalized spacial score (nSPS) is 15.3. The first kappa shape index (κ1) is 15.6. The molecule has 1 aliphatic carbocycles. The maximum atomic E-state index is 12.9. The number of hydrogen-bond donors (Lipinski definition) is 1. The molecule has 7 nitrogen and oxygen atoms in total. The zero-order valence-corrected chi connectivity index (χ0v) is 14.4. The minimum absolute atomic E-state index is 0.0210. The Balaban J connectivity index is 1.92. The van der Waals surface area contributed by atoms with Crippen molar-refractivity contribution >= 4 is 5.65 Å². The van der Waals surface area contributed by atoms with Crippen molar-refractivity contribution in [1.29, 1.82) is 5.26 Å². The number of hydrogen-bond acceptors (Lipinski definition) is 4. The van der Waals surface area contributed by atoms with Crippen molar-refractivity contribution in [1.82, 2.24) is 24.4 Å². The highest BCUT2D eigenvalue weighted by Gasteiger charge is 2.22. The van der Waals surface area contributed by atoms with E-state index in [-0.39, 0.29) is 11.5 Å². The van der Waals surface area contributed by atoms with Gasteiger partial charge in [-0.3, -0.25) is 9.48 Å². The summed E-state index contributed by atoms with van der Waals surface area (Å²) < 4.78 is 3.29. The molecule has 1 fully saturated rings. The molecule has 0 unspecified atom stereocenters. The lowest BCUT2D eigenvalue weighted by molar-refractivity contribution is 0.467. The third kappa shape index (κ3) is 2.45. The van der Waals surface area contributed by atoms with E-state index in [9.17, 15) is 10.1 Å². The second-order valence-corrected chi connectivity index (χ2v) is 6.95. The van der Waals surface area contributed by atoms with Crippen LogP contribution >= 0.6 is 0 Å². The van der Waals surface area contributed by atoms with Crippen LogP contribution in [0.1, 0.15) is 62.6 Å². The molecule has 3 aromatic rings. The minimum Gasteiger partial charge on any atom is -0.338 e. The SMILES string of the molecule is CC(C)c1c(-c2cnn(C3CCCC3)c2)[nH]c2c(C#N)cnn2c1=O. The molecule has 3 aromatic heterocycles. The lowest BCUT2D eigenvalue weighted by Crippen LogP contribution is -2.22. The van der Waals surface area contributed by atoms with E-state index in [1.54, 1.807) is 6.20 Å². The van der Waals surface area contributed by atoms with Gasteiger partial charge in [0, 0.05) is 17.3 Å². The van der Waals surface area contributed by atoms with E-state index in [4.69, 9.17) is 0 Å². The molecule has 3 heterocycles. The first-order valence-electron chi connectivity index (χ1n) is 8.68. The number of H-pyrrole nitrogens is 1. The van der Waals surface area contributed by atoms with Gasteiger partial charge in [-0.1, -0.05) is 26.7 Å². The summed E-state index contributed by atoms with van der Waals surface area (Å²) in [7, 11) is 0. The molecule has 128 valence electrons. The smallest absolute Gasteiger partial charge is 0.278 e. The molecular weight excluding hydrogens is 316 g/mol. The first-order valence-corrected chi connectivity index (χ1v) is 8.68. The number of aromatic nitrogens is 5. The summed E-state index contributed by atoms with van der Waals surface area (Å²) in [6.45, 7) is 3.96. The molecule has 0 atom stereocenters. The van der Waals surface area contributed by atoms with Crippen molar-refractivity contribution in [3.63, 3.8) is 0 Å². The van der Waals surface area contributed by atoms with Gasteiger partial charge in [0.05, 0.1) is 24.1 Å². The predicted molar refractivity (Wildman–Crippen MR) is 93.3 cm³/mol. The highest BCUT2D eigenvalue weighted by atomic mass is 16.1. The maximum Gasteiger partial charge on any atom is 0.278 e. The van der Waals surface area contributed by atoms with Gasteiger partial charge >= 0.3 is 0 Å². The Morgan fingerprint density at radius 2 is 2.04 bits per heavy atom. The van der Waals surface area contributed by atoms with Crippen molar-refractivity contribution in [2.24, 2.45) is 0 Å². The van der Waals surface area contributed by atoms with Gasteiger partial charge in [0.25, 0.3) is 5.56 Å². The van der Waals surface area contributed by atoms with E-state index >= 15 is 0 Å². The Kier molecular flexibility index (Phi) is 3.68. The van der Waals surface area contributed by atoms with E-state index < -0.39 is 0 Å². The minimum atomic E-state index is -0.186. The topological polar surface area (TPSA) is 91.8 Å². The molecular formula is C18H20N6O. The highest BCUT2D eigenvalue weighted by Crippen LogP contribution is 2.31. The quantitative estimate of drug-likeness (QED) is 0.796. The van der Waals surface area contributed by atoms with Crippen LogP contribution in [0.2, 0.25) is 0 Å². The Bertz CT molecular complexity index is 1030. The third-order valence-electron chi connectivity index (χ3n) is 4.99. The predicted octanol–water partition coefficient (Wildman–Crippen LogP) is 3.00. The number of nitriles is 1. The van der Waals surface area contributed by atoms with Crippen LogP contribution in [0, 0.1) is 11.3 Å². The lowest BCUT2D eigenvalue weighted by Gasteiger charge is -2.12. The average Bonchev–Trinajstić information content (AvgIpc) is 3.33. The molecule has 0 radical (unpaired) electrons. The number of nitrogens with one attached hydrogen (secondary N) is 1. The van der Waals surface area contributed by atoms with Crippen molar-refractivity contribution in [3.05, 3.63) is 40.1 Å². The van der Waals surface area contributed by atoms with Crippen molar-refractivity contribution in [3.8, 4) is 17.3 Å². The maximum absolute atomic E-state index is 12.9. The van der Waals surface area contributed by atoms with Crippen LogP contribution < -0.4 is 5.56 Å². The number of aromatic amines is 1. The van der Waals surface area contributed by atoms with Crippen LogP contribution in [0.15, 0.2) is 23.4 Å². The second kappa shape index (κ2) is 5.88. The molecule has 0 bridgehead atoms. The zero-order valence-electron chi connectivity index (χ0n) is 14.4. The van der Waals surface area contributed by atoms with Crippen molar-refractivity contribution in [2.45, 2.75) is 51.5 Å². The molecule has 0 aromatic carbocycles. The summed E-state index contributed by atoms with van der Waals surface area (Å²) in [5.74, 6) is 0.0210. The molecule has 1 saturated carbocycles. The van der Waals surface area contributed by atoms with Crippen LogP contribution in [0.4, 0.5) is 0 Å². The Labute approximate surface area is 144 Å². The summed E-state index contributed by atoms with van der Waals surface area (Å²) >= 11 is 0. The fraction of sp³-hybridized carbons (Fsp3) is 0.444. The summed E-state index contributed by atoms with van der Waals surface area (Å²) in [5.41, 5.74) is 2.87. The largest absolute Gasteiger partial charge is 0.338 e. The van der Waals surface area contributed by atoms with Gasteiger partial charge in [-0.15, -0.1) is 0 Å². The van der Waals surface area contributed by atoms with Gasteiger partial charge in [-0.2, -0.15) is 20.0 Å². The molecule has 4 rings (SSSR count). The Morgan fingerprint density at radius 1 is 1.28 bits per heavy atom. The molecule has 25 heavy (non-hydrogen) atoms. The van der Waals surface area contributed by atoms with E-state index in [1.807, 2.05) is 24.7 Å². The van der Waals surface area contributed by atoms with Gasteiger partial charge in [-0.05, 0) is 18.8 Å². The van der Waals surface area contributed by atoms with E-state index in [0.29, 0.717) is 22.8 Å². The Hall–Kier alpha value is -2.88. The fourth-order valence-electron chi connectivity index (χ4n) is 3.71. The van der Waals surface area contributed by atoms with Gasteiger partial charge in [-0.25, -0.2) is 0 Å². The zero-order chi connectivity index (χ0) is 17.6. The molecule has 0 saturated heterocycles.